The minimum atomic E-state index is -0.290. The van der Waals surface area contributed by atoms with Gasteiger partial charge in [-0.3, -0.25) is 14.6 Å². The van der Waals surface area contributed by atoms with Gasteiger partial charge in [0.1, 0.15) is 5.82 Å². The molecule has 1 aromatic carbocycles. The van der Waals surface area contributed by atoms with Gasteiger partial charge in [0.2, 0.25) is 0 Å². The van der Waals surface area contributed by atoms with E-state index < -0.39 is 0 Å². The first kappa shape index (κ1) is 16.1. The van der Waals surface area contributed by atoms with Crippen molar-refractivity contribution in [3.05, 3.63) is 35.6 Å². The highest BCUT2D eigenvalue weighted by molar-refractivity contribution is 5.82. The number of likely N-dealkylation sites (N-methyl/N-ethyl adjacent to an activating group) is 2. The molecule has 3 nitrogen and oxygen atoms in total. The van der Waals surface area contributed by atoms with E-state index in [0.29, 0.717) is 18.2 Å². The van der Waals surface area contributed by atoms with E-state index in [1.54, 1.807) is 18.2 Å². The van der Waals surface area contributed by atoms with Crippen molar-refractivity contribution in [1.82, 2.24) is 9.80 Å². The van der Waals surface area contributed by atoms with E-state index in [0.717, 1.165) is 19.6 Å². The van der Waals surface area contributed by atoms with Crippen molar-refractivity contribution < 1.29 is 9.18 Å². The van der Waals surface area contributed by atoms with Crippen LogP contribution >= 0.6 is 0 Å². The second kappa shape index (κ2) is 7.66. The third kappa shape index (κ3) is 4.61. The van der Waals surface area contributed by atoms with Crippen LogP contribution in [0.4, 0.5) is 4.39 Å². The number of likely N-dealkylation sites (tertiary alicyclic amines) is 1. The Labute approximate surface area is 126 Å². The van der Waals surface area contributed by atoms with Crippen LogP contribution in [0, 0.1) is 5.82 Å². The van der Waals surface area contributed by atoms with Crippen LogP contribution in [-0.2, 0) is 11.2 Å². The van der Waals surface area contributed by atoms with E-state index >= 15 is 0 Å². The molecule has 1 saturated heterocycles. The summed E-state index contributed by atoms with van der Waals surface area (Å²) in [6.07, 6.45) is 2.63. The summed E-state index contributed by atoms with van der Waals surface area (Å²) in [4.78, 5) is 16.6. The summed E-state index contributed by atoms with van der Waals surface area (Å²) in [5, 5.41) is 0. The van der Waals surface area contributed by atoms with Crippen LogP contribution in [-0.4, -0.2) is 54.9 Å². The Bertz CT molecular complexity index is 478. The third-order valence-corrected chi connectivity index (χ3v) is 4.22. The maximum Gasteiger partial charge on any atom is 0.151 e. The number of hydrogen-bond acceptors (Lipinski definition) is 3. The molecule has 0 amide bonds. The fourth-order valence-corrected chi connectivity index (χ4v) is 3.15. The lowest BCUT2D eigenvalue weighted by Gasteiger charge is -2.27. The van der Waals surface area contributed by atoms with Gasteiger partial charge in [0.05, 0.1) is 6.54 Å². The van der Waals surface area contributed by atoms with E-state index in [2.05, 4.69) is 16.7 Å². The van der Waals surface area contributed by atoms with E-state index in [-0.39, 0.29) is 18.0 Å². The van der Waals surface area contributed by atoms with Gasteiger partial charge in [0.15, 0.2) is 5.78 Å². The molecule has 0 aliphatic carbocycles. The molecule has 1 atom stereocenters. The lowest BCUT2D eigenvalue weighted by molar-refractivity contribution is -0.119. The van der Waals surface area contributed by atoms with E-state index in [1.165, 1.54) is 18.9 Å². The average molecular weight is 292 g/mol. The fraction of sp³-hybridized carbons (Fsp3) is 0.588. The maximum atomic E-state index is 13.5. The molecule has 1 heterocycles. The van der Waals surface area contributed by atoms with Crippen molar-refractivity contribution in [2.24, 2.45) is 0 Å². The number of carbonyl (C=O) groups excluding carboxylic acids is 1. The van der Waals surface area contributed by atoms with Crippen LogP contribution in [0.1, 0.15) is 25.3 Å². The van der Waals surface area contributed by atoms with Gasteiger partial charge in [-0.15, -0.1) is 0 Å². The van der Waals surface area contributed by atoms with Crippen LogP contribution in [0.25, 0.3) is 0 Å². The number of ketones is 1. The average Bonchev–Trinajstić information content (AvgIpc) is 2.88. The predicted molar refractivity (Wildman–Crippen MR) is 82.9 cm³/mol. The van der Waals surface area contributed by atoms with Crippen LogP contribution in [0.3, 0.4) is 0 Å². The lowest BCUT2D eigenvalue weighted by Crippen LogP contribution is -2.40. The molecular formula is C17H25FN2O. The first-order chi connectivity index (χ1) is 10.1. The number of Topliss-reactive ketones (excluding diaryl/α,β-unsaturated/α-hetero) is 1. The Kier molecular flexibility index (Phi) is 5.88. The Balaban J connectivity index is 1.81. The largest absolute Gasteiger partial charge is 0.299 e. The molecule has 116 valence electrons. The van der Waals surface area contributed by atoms with Crippen molar-refractivity contribution in [2.75, 3.05) is 33.2 Å². The van der Waals surface area contributed by atoms with Gasteiger partial charge in [-0.2, -0.15) is 0 Å². The molecule has 0 bridgehead atoms. The van der Waals surface area contributed by atoms with Gasteiger partial charge in [-0.1, -0.05) is 25.1 Å². The van der Waals surface area contributed by atoms with E-state index in [4.69, 9.17) is 0 Å². The highest BCUT2D eigenvalue weighted by Crippen LogP contribution is 2.17. The van der Waals surface area contributed by atoms with Crippen molar-refractivity contribution in [2.45, 2.75) is 32.2 Å². The van der Waals surface area contributed by atoms with Crippen molar-refractivity contribution >= 4 is 5.78 Å². The van der Waals surface area contributed by atoms with Gasteiger partial charge in [0, 0.05) is 19.0 Å². The molecule has 0 spiro atoms. The molecule has 0 saturated carbocycles. The Morgan fingerprint density at radius 2 is 2.19 bits per heavy atom. The summed E-state index contributed by atoms with van der Waals surface area (Å²) in [7, 11) is 1.98. The molecule has 1 aliphatic rings. The van der Waals surface area contributed by atoms with Crippen LogP contribution < -0.4 is 0 Å². The number of rotatable bonds is 7. The van der Waals surface area contributed by atoms with Crippen molar-refractivity contribution in [1.29, 1.82) is 0 Å². The molecule has 2 rings (SSSR count). The first-order valence-electron chi connectivity index (χ1n) is 7.78. The lowest BCUT2D eigenvalue weighted by atomic mass is 10.1. The van der Waals surface area contributed by atoms with Gasteiger partial charge in [-0.25, -0.2) is 4.39 Å². The highest BCUT2D eigenvalue weighted by atomic mass is 19.1. The number of halogens is 1. The van der Waals surface area contributed by atoms with E-state index in [1.807, 2.05) is 7.05 Å². The summed E-state index contributed by atoms with van der Waals surface area (Å²) >= 11 is 0. The van der Waals surface area contributed by atoms with Crippen molar-refractivity contribution in [3.8, 4) is 0 Å². The van der Waals surface area contributed by atoms with Gasteiger partial charge < -0.3 is 0 Å². The highest BCUT2D eigenvalue weighted by Gasteiger charge is 2.24. The smallest absolute Gasteiger partial charge is 0.151 e. The Hall–Kier alpha value is -1.26. The molecule has 0 N–H and O–H groups in total. The summed E-state index contributed by atoms with van der Waals surface area (Å²) in [6.45, 7) is 5.72. The molecule has 0 radical (unpaired) electrons. The molecule has 21 heavy (non-hydrogen) atoms. The zero-order valence-corrected chi connectivity index (χ0v) is 13.0. The first-order valence-corrected chi connectivity index (χ1v) is 7.78. The number of benzene rings is 1. The normalized spacial score (nSPS) is 19.3. The molecule has 4 heteroatoms. The van der Waals surface area contributed by atoms with Gasteiger partial charge in [0.25, 0.3) is 0 Å². The van der Waals surface area contributed by atoms with Crippen LogP contribution in [0.5, 0.6) is 0 Å². The summed E-state index contributed by atoms with van der Waals surface area (Å²) in [6, 6.07) is 7.07. The molecule has 1 fully saturated rings. The monoisotopic (exact) mass is 292 g/mol. The molecule has 1 unspecified atom stereocenters. The number of carbonyl (C=O) groups is 1. The molecular weight excluding hydrogens is 267 g/mol. The fourth-order valence-electron chi connectivity index (χ4n) is 3.15. The van der Waals surface area contributed by atoms with E-state index in [9.17, 15) is 9.18 Å². The maximum absolute atomic E-state index is 13.5. The second-order valence-corrected chi connectivity index (χ2v) is 5.93. The van der Waals surface area contributed by atoms with Crippen LogP contribution in [0.15, 0.2) is 24.3 Å². The Morgan fingerprint density at radius 1 is 1.43 bits per heavy atom. The minimum absolute atomic E-state index is 0.0728. The molecule has 0 aromatic heterocycles. The standard InChI is InChI=1S/C17H25FN2O/c1-3-20-10-6-8-15(20)12-19(2)13-16(21)11-14-7-4-5-9-17(14)18/h4-5,7,9,15H,3,6,8,10-13H2,1-2H3. The second-order valence-electron chi connectivity index (χ2n) is 5.93. The number of hydrogen-bond donors (Lipinski definition) is 0. The summed E-state index contributed by atoms with van der Waals surface area (Å²) < 4.78 is 13.5. The minimum Gasteiger partial charge on any atom is -0.299 e. The zero-order valence-electron chi connectivity index (χ0n) is 13.0. The Morgan fingerprint density at radius 3 is 2.90 bits per heavy atom. The summed E-state index contributed by atoms with van der Waals surface area (Å²) in [5.41, 5.74) is 0.493. The predicted octanol–water partition coefficient (Wildman–Crippen LogP) is 2.35. The topological polar surface area (TPSA) is 23.6 Å². The summed E-state index contributed by atoms with van der Waals surface area (Å²) in [5.74, 6) is -0.218. The van der Waals surface area contributed by atoms with Gasteiger partial charge in [-0.05, 0) is 44.6 Å². The van der Waals surface area contributed by atoms with Crippen LogP contribution in [0.2, 0.25) is 0 Å². The SMILES string of the molecule is CCN1CCCC1CN(C)CC(=O)Cc1ccccc1F. The molecule has 1 aliphatic heterocycles. The third-order valence-electron chi connectivity index (χ3n) is 4.22. The molecule has 1 aromatic rings. The zero-order chi connectivity index (χ0) is 15.2. The quantitative estimate of drug-likeness (QED) is 0.771. The number of nitrogens with zero attached hydrogens (tertiary/aromatic N) is 2. The van der Waals surface area contributed by atoms with Crippen molar-refractivity contribution in [3.63, 3.8) is 0 Å². The van der Waals surface area contributed by atoms with Gasteiger partial charge >= 0.3 is 0 Å².